The summed E-state index contributed by atoms with van der Waals surface area (Å²) >= 11 is 0. The van der Waals surface area contributed by atoms with Gasteiger partial charge in [0.2, 0.25) is 0 Å². The molecule has 6 nitrogen and oxygen atoms in total. The molecule has 6 heteroatoms. The van der Waals surface area contributed by atoms with Gasteiger partial charge in [-0.3, -0.25) is 14.9 Å². The number of hydrogen-bond acceptors (Lipinski definition) is 3. The lowest BCUT2D eigenvalue weighted by atomic mass is 9.95. The smallest absolute Gasteiger partial charge is 0.271 e. The second-order valence-electron chi connectivity index (χ2n) is 7.72. The molecule has 0 bridgehead atoms. The van der Waals surface area contributed by atoms with E-state index in [1.807, 2.05) is 13.0 Å². The molecular weight excluding hydrogens is 342 g/mol. The Hall–Kier alpha value is -2.63. The number of aromatic nitrogens is 1. The Labute approximate surface area is 158 Å². The van der Waals surface area contributed by atoms with Crippen LogP contribution in [-0.2, 0) is 6.42 Å². The summed E-state index contributed by atoms with van der Waals surface area (Å²) in [6.07, 6.45) is 6.86. The molecular formula is C21H25N3O3. The SMILES string of the molecule is Cc1cc(C(=O)N2CCc3ccc([N+](=O)[O-])cc32)c(C)n1C1CCCCC1. The number of rotatable bonds is 3. The van der Waals surface area contributed by atoms with Gasteiger partial charge in [-0.2, -0.15) is 0 Å². The number of carbonyl (C=O) groups excluding carboxylic acids is 1. The first-order chi connectivity index (χ1) is 13.0. The first kappa shape index (κ1) is 17.8. The number of fused-ring (bicyclic) bond motifs is 1. The molecule has 0 N–H and O–H groups in total. The van der Waals surface area contributed by atoms with Crippen LogP contribution in [0.15, 0.2) is 24.3 Å². The summed E-state index contributed by atoms with van der Waals surface area (Å²) in [5.74, 6) is -0.0515. The van der Waals surface area contributed by atoms with Crippen molar-refractivity contribution in [3.05, 3.63) is 56.9 Å². The Morgan fingerprint density at radius 1 is 1.15 bits per heavy atom. The molecule has 2 heterocycles. The van der Waals surface area contributed by atoms with E-state index >= 15 is 0 Å². The van der Waals surface area contributed by atoms with Gasteiger partial charge in [-0.05, 0) is 44.7 Å². The van der Waals surface area contributed by atoms with E-state index in [0.717, 1.165) is 28.9 Å². The van der Waals surface area contributed by atoms with Crippen molar-refractivity contribution in [3.63, 3.8) is 0 Å². The van der Waals surface area contributed by atoms with Crippen molar-refractivity contribution in [1.82, 2.24) is 4.57 Å². The molecule has 142 valence electrons. The molecule has 1 aromatic carbocycles. The second kappa shape index (κ2) is 6.83. The molecule has 0 atom stereocenters. The highest BCUT2D eigenvalue weighted by Gasteiger charge is 2.30. The third kappa shape index (κ3) is 3.03. The average Bonchev–Trinajstić information content (AvgIpc) is 3.22. The highest BCUT2D eigenvalue weighted by Crippen LogP contribution is 2.35. The largest absolute Gasteiger partial charge is 0.345 e. The zero-order valence-corrected chi connectivity index (χ0v) is 15.9. The van der Waals surface area contributed by atoms with Gasteiger partial charge in [0.05, 0.1) is 16.2 Å². The summed E-state index contributed by atoms with van der Waals surface area (Å²) in [5, 5.41) is 11.1. The Morgan fingerprint density at radius 2 is 1.89 bits per heavy atom. The first-order valence-electron chi connectivity index (χ1n) is 9.75. The lowest BCUT2D eigenvalue weighted by Crippen LogP contribution is -2.29. The van der Waals surface area contributed by atoms with Crippen LogP contribution in [0.3, 0.4) is 0 Å². The summed E-state index contributed by atoms with van der Waals surface area (Å²) in [6, 6.07) is 7.28. The van der Waals surface area contributed by atoms with Gasteiger partial charge >= 0.3 is 0 Å². The predicted molar refractivity (Wildman–Crippen MR) is 105 cm³/mol. The number of non-ortho nitro benzene ring substituents is 1. The first-order valence-corrected chi connectivity index (χ1v) is 9.75. The third-order valence-electron chi connectivity index (χ3n) is 6.08. The monoisotopic (exact) mass is 367 g/mol. The number of amides is 1. The van der Waals surface area contributed by atoms with Gasteiger partial charge in [-0.15, -0.1) is 0 Å². The molecule has 0 spiro atoms. The van der Waals surface area contributed by atoms with Crippen molar-refractivity contribution in [2.75, 3.05) is 11.4 Å². The van der Waals surface area contributed by atoms with Gasteiger partial charge in [0, 0.05) is 36.1 Å². The van der Waals surface area contributed by atoms with Crippen LogP contribution in [0.5, 0.6) is 0 Å². The number of benzene rings is 1. The van der Waals surface area contributed by atoms with Crippen molar-refractivity contribution in [2.24, 2.45) is 0 Å². The van der Waals surface area contributed by atoms with Crippen molar-refractivity contribution in [3.8, 4) is 0 Å². The van der Waals surface area contributed by atoms with Crippen molar-refractivity contribution in [1.29, 1.82) is 0 Å². The number of hydrogen-bond donors (Lipinski definition) is 0. The minimum absolute atomic E-state index is 0.0288. The van der Waals surface area contributed by atoms with Crippen LogP contribution in [0.1, 0.15) is 65.5 Å². The van der Waals surface area contributed by atoms with Crippen LogP contribution < -0.4 is 4.90 Å². The van der Waals surface area contributed by atoms with Crippen LogP contribution in [0.25, 0.3) is 0 Å². The summed E-state index contributed by atoms with van der Waals surface area (Å²) < 4.78 is 2.33. The number of nitro groups is 1. The van der Waals surface area contributed by atoms with Crippen molar-refractivity contribution >= 4 is 17.3 Å². The van der Waals surface area contributed by atoms with Crippen molar-refractivity contribution < 1.29 is 9.72 Å². The molecule has 1 amide bonds. The predicted octanol–water partition coefficient (Wildman–Crippen LogP) is 4.72. The summed E-state index contributed by atoms with van der Waals surface area (Å²) in [6.45, 7) is 4.67. The van der Waals surface area contributed by atoms with E-state index < -0.39 is 4.92 Å². The Kier molecular flexibility index (Phi) is 4.50. The quantitative estimate of drug-likeness (QED) is 0.582. The normalized spacial score (nSPS) is 17.2. The van der Waals surface area contributed by atoms with E-state index in [-0.39, 0.29) is 11.6 Å². The number of nitrogens with zero attached hydrogens (tertiary/aromatic N) is 3. The van der Waals surface area contributed by atoms with Gasteiger partial charge < -0.3 is 9.47 Å². The molecule has 1 saturated carbocycles. The molecule has 27 heavy (non-hydrogen) atoms. The molecule has 1 aliphatic heterocycles. The zero-order chi connectivity index (χ0) is 19.1. The Morgan fingerprint density at radius 3 is 2.59 bits per heavy atom. The third-order valence-corrected chi connectivity index (χ3v) is 6.08. The minimum atomic E-state index is -0.407. The highest BCUT2D eigenvalue weighted by molar-refractivity contribution is 6.08. The lowest BCUT2D eigenvalue weighted by molar-refractivity contribution is -0.384. The van der Waals surface area contributed by atoms with Gasteiger partial charge in [0.15, 0.2) is 0 Å². The Balaban J connectivity index is 1.67. The zero-order valence-electron chi connectivity index (χ0n) is 15.9. The maximum atomic E-state index is 13.3. The molecule has 0 radical (unpaired) electrons. The minimum Gasteiger partial charge on any atom is -0.345 e. The average molecular weight is 367 g/mol. The maximum absolute atomic E-state index is 13.3. The van der Waals surface area contributed by atoms with Crippen LogP contribution >= 0.6 is 0 Å². The number of anilines is 1. The highest BCUT2D eigenvalue weighted by atomic mass is 16.6. The van der Waals surface area contributed by atoms with Crippen LogP contribution in [0.4, 0.5) is 11.4 Å². The van der Waals surface area contributed by atoms with Gasteiger partial charge in [-0.25, -0.2) is 0 Å². The van der Waals surface area contributed by atoms with Crippen molar-refractivity contribution in [2.45, 2.75) is 58.4 Å². The summed E-state index contributed by atoms with van der Waals surface area (Å²) in [7, 11) is 0. The molecule has 1 aliphatic carbocycles. The van der Waals surface area contributed by atoms with E-state index in [9.17, 15) is 14.9 Å². The summed E-state index contributed by atoms with van der Waals surface area (Å²) in [4.78, 5) is 25.7. The van der Waals surface area contributed by atoms with Gasteiger partial charge in [-0.1, -0.05) is 25.3 Å². The molecule has 0 unspecified atom stereocenters. The summed E-state index contributed by atoms with van der Waals surface area (Å²) in [5.41, 5.74) is 4.56. The fourth-order valence-corrected chi connectivity index (χ4v) is 4.73. The van der Waals surface area contributed by atoms with E-state index in [1.165, 1.54) is 44.2 Å². The molecule has 2 aliphatic rings. The fourth-order valence-electron chi connectivity index (χ4n) is 4.73. The second-order valence-corrected chi connectivity index (χ2v) is 7.72. The number of carbonyl (C=O) groups is 1. The van der Waals surface area contributed by atoms with Gasteiger partial charge in [0.25, 0.3) is 11.6 Å². The molecule has 1 aromatic heterocycles. The van der Waals surface area contributed by atoms with Crippen LogP contribution in [0, 0.1) is 24.0 Å². The molecule has 4 rings (SSSR count). The Bertz CT molecular complexity index is 910. The number of aryl methyl sites for hydroxylation is 1. The molecule has 0 saturated heterocycles. The topological polar surface area (TPSA) is 68.4 Å². The van der Waals surface area contributed by atoms with E-state index in [1.54, 1.807) is 11.0 Å². The van der Waals surface area contributed by atoms with E-state index in [2.05, 4.69) is 11.5 Å². The lowest BCUT2D eigenvalue weighted by Gasteiger charge is -2.26. The standard InChI is InChI=1S/C21H25N3O3/c1-14-12-19(15(2)23(14)17-6-4-3-5-7-17)21(25)22-11-10-16-8-9-18(24(26)27)13-20(16)22/h8-9,12-13,17H,3-7,10-11H2,1-2H3. The molecule has 2 aromatic rings. The van der Waals surface area contributed by atoms with E-state index in [0.29, 0.717) is 18.3 Å². The number of nitro benzene ring substituents is 1. The molecule has 1 fully saturated rings. The maximum Gasteiger partial charge on any atom is 0.271 e. The fraction of sp³-hybridized carbons (Fsp3) is 0.476. The van der Waals surface area contributed by atoms with Crippen LogP contribution in [0.2, 0.25) is 0 Å². The van der Waals surface area contributed by atoms with Gasteiger partial charge in [0.1, 0.15) is 0 Å². The van der Waals surface area contributed by atoms with Crippen LogP contribution in [-0.4, -0.2) is 21.9 Å². The van der Waals surface area contributed by atoms with E-state index in [4.69, 9.17) is 0 Å².